The molecule has 2 aromatic carbocycles. The molecular formula is C26H29N7O2. The predicted molar refractivity (Wildman–Crippen MR) is 134 cm³/mol. The molecule has 2 amide bonds. The average molecular weight is 472 g/mol. The van der Waals surface area contributed by atoms with Gasteiger partial charge in [-0.3, -0.25) is 14.2 Å². The summed E-state index contributed by atoms with van der Waals surface area (Å²) in [5.41, 5.74) is 16.4. The van der Waals surface area contributed by atoms with Gasteiger partial charge in [-0.05, 0) is 74.9 Å². The number of aryl methyl sites for hydroxylation is 2. The van der Waals surface area contributed by atoms with Crippen LogP contribution >= 0.6 is 0 Å². The number of imidazole rings is 1. The molecule has 0 aliphatic heterocycles. The molecule has 0 spiro atoms. The van der Waals surface area contributed by atoms with Gasteiger partial charge in [0.25, 0.3) is 11.8 Å². The fourth-order valence-electron chi connectivity index (χ4n) is 3.42. The first kappa shape index (κ1) is 23.8. The van der Waals surface area contributed by atoms with Crippen LogP contribution in [0.3, 0.4) is 0 Å². The molecule has 35 heavy (non-hydrogen) atoms. The Morgan fingerprint density at radius 1 is 0.943 bits per heavy atom. The minimum atomic E-state index is -0.0852. The Morgan fingerprint density at radius 3 is 1.97 bits per heavy atom. The molecule has 2 saturated carbocycles. The van der Waals surface area contributed by atoms with Crippen molar-refractivity contribution >= 4 is 23.3 Å². The molecule has 0 unspecified atom stereocenters. The van der Waals surface area contributed by atoms with Gasteiger partial charge in [0.15, 0.2) is 5.69 Å². The lowest BCUT2D eigenvalue weighted by Crippen LogP contribution is -2.25. The van der Waals surface area contributed by atoms with Gasteiger partial charge in [-0.25, -0.2) is 4.98 Å². The summed E-state index contributed by atoms with van der Waals surface area (Å²) in [6, 6.07) is 13.5. The molecule has 9 heteroatoms. The van der Waals surface area contributed by atoms with E-state index in [1.807, 2.05) is 38.1 Å². The average Bonchev–Trinajstić information content (AvgIpc) is 3.77. The number of amides is 2. The standard InChI is InChI=1S/C15H15N5O.C11H14N2O/c1-9-2-3-10(15(21)19-11-4-5-11)6-13(9)20-8-18-12(7-16)14(20)17;1-7-2-3-8(6-10(7)12)11(14)13-9-4-5-9/h2-3,6,8,11H,4-5,17H2,1H3,(H,19,21);2-3,6,9H,4-5,12H2,1H3,(H,13,14). The fraction of sp³-hybridized carbons (Fsp3) is 0.308. The van der Waals surface area contributed by atoms with E-state index in [1.54, 1.807) is 22.8 Å². The number of benzene rings is 2. The third-order valence-corrected chi connectivity index (χ3v) is 6.01. The first-order chi connectivity index (χ1) is 16.8. The number of nitrogens with one attached hydrogen (secondary N) is 2. The van der Waals surface area contributed by atoms with Crippen molar-refractivity contribution in [3.8, 4) is 11.8 Å². The SMILES string of the molecule is Cc1ccc(C(=O)NC2CC2)cc1-n1cnc(C#N)c1N.Cc1ccc(C(=O)NC2CC2)cc1N. The molecule has 1 heterocycles. The lowest BCUT2D eigenvalue weighted by Gasteiger charge is -2.11. The van der Waals surface area contributed by atoms with E-state index < -0.39 is 0 Å². The number of anilines is 2. The smallest absolute Gasteiger partial charge is 0.251 e. The van der Waals surface area contributed by atoms with Crippen LogP contribution in [0.4, 0.5) is 11.5 Å². The number of carbonyl (C=O) groups is 2. The third kappa shape index (κ3) is 5.79. The van der Waals surface area contributed by atoms with Crippen molar-refractivity contribution in [3.63, 3.8) is 0 Å². The van der Waals surface area contributed by atoms with Gasteiger partial charge in [-0.1, -0.05) is 12.1 Å². The summed E-state index contributed by atoms with van der Waals surface area (Å²) in [5, 5.41) is 14.8. The number of hydrogen-bond donors (Lipinski definition) is 4. The Balaban J connectivity index is 0.000000179. The molecule has 6 N–H and O–H groups in total. The largest absolute Gasteiger partial charge is 0.398 e. The number of carbonyl (C=O) groups excluding carboxylic acids is 2. The van der Waals surface area contributed by atoms with Gasteiger partial charge in [0.1, 0.15) is 18.2 Å². The van der Waals surface area contributed by atoms with Gasteiger partial charge in [0.05, 0.1) is 5.69 Å². The van der Waals surface area contributed by atoms with Crippen molar-refractivity contribution < 1.29 is 9.59 Å². The van der Waals surface area contributed by atoms with Crippen LogP contribution in [0.2, 0.25) is 0 Å². The summed E-state index contributed by atoms with van der Waals surface area (Å²) in [6.07, 6.45) is 5.80. The quantitative estimate of drug-likeness (QED) is 0.420. The van der Waals surface area contributed by atoms with Crippen LogP contribution in [-0.2, 0) is 0 Å². The van der Waals surface area contributed by atoms with Gasteiger partial charge in [0, 0.05) is 28.9 Å². The Bertz CT molecular complexity index is 1310. The molecule has 5 rings (SSSR count). The first-order valence-electron chi connectivity index (χ1n) is 11.6. The molecule has 2 aliphatic rings. The molecule has 0 radical (unpaired) electrons. The number of hydrogen-bond acceptors (Lipinski definition) is 6. The van der Waals surface area contributed by atoms with E-state index in [9.17, 15) is 9.59 Å². The van der Waals surface area contributed by atoms with Crippen LogP contribution in [0.5, 0.6) is 0 Å². The van der Waals surface area contributed by atoms with Gasteiger partial charge < -0.3 is 22.1 Å². The molecule has 180 valence electrons. The van der Waals surface area contributed by atoms with Gasteiger partial charge in [0.2, 0.25) is 0 Å². The van der Waals surface area contributed by atoms with Crippen LogP contribution in [0.1, 0.15) is 63.2 Å². The first-order valence-corrected chi connectivity index (χ1v) is 11.6. The maximum absolute atomic E-state index is 12.1. The highest BCUT2D eigenvalue weighted by molar-refractivity contribution is 5.96. The van der Waals surface area contributed by atoms with Crippen LogP contribution in [-0.4, -0.2) is 33.4 Å². The molecule has 2 fully saturated rings. The summed E-state index contributed by atoms with van der Waals surface area (Å²) in [5.74, 6) is 0.178. The maximum Gasteiger partial charge on any atom is 0.251 e. The normalized spacial score (nSPS) is 14.3. The number of nitrogen functional groups attached to an aromatic ring is 2. The van der Waals surface area contributed by atoms with Gasteiger partial charge in [-0.2, -0.15) is 5.26 Å². The van der Waals surface area contributed by atoms with E-state index in [2.05, 4.69) is 15.6 Å². The van der Waals surface area contributed by atoms with E-state index in [1.165, 1.54) is 6.33 Å². The number of aromatic nitrogens is 2. The van der Waals surface area contributed by atoms with Crippen molar-refractivity contribution in [2.45, 2.75) is 51.6 Å². The Hall–Kier alpha value is -4.32. The molecule has 0 atom stereocenters. The Labute approximate surface area is 204 Å². The van der Waals surface area contributed by atoms with E-state index in [4.69, 9.17) is 16.7 Å². The summed E-state index contributed by atoms with van der Waals surface area (Å²) in [4.78, 5) is 27.7. The second-order valence-corrected chi connectivity index (χ2v) is 9.03. The number of rotatable bonds is 5. The summed E-state index contributed by atoms with van der Waals surface area (Å²) < 4.78 is 1.63. The minimum Gasteiger partial charge on any atom is -0.398 e. The lowest BCUT2D eigenvalue weighted by atomic mass is 10.1. The zero-order valence-electron chi connectivity index (χ0n) is 19.8. The molecule has 0 saturated heterocycles. The van der Waals surface area contributed by atoms with E-state index in [0.717, 1.165) is 42.5 Å². The monoisotopic (exact) mass is 471 g/mol. The second kappa shape index (κ2) is 9.89. The van der Waals surface area contributed by atoms with Crippen LogP contribution in [0.15, 0.2) is 42.7 Å². The number of nitriles is 1. The summed E-state index contributed by atoms with van der Waals surface area (Å²) in [7, 11) is 0. The lowest BCUT2D eigenvalue weighted by molar-refractivity contribution is 0.0942. The van der Waals surface area contributed by atoms with Crippen molar-refractivity contribution in [1.29, 1.82) is 5.26 Å². The molecule has 2 aliphatic carbocycles. The molecule has 1 aromatic heterocycles. The number of nitrogens with two attached hydrogens (primary N) is 2. The zero-order valence-corrected chi connectivity index (χ0v) is 19.8. The van der Waals surface area contributed by atoms with Crippen molar-refractivity contribution in [2.24, 2.45) is 0 Å². The van der Waals surface area contributed by atoms with Crippen molar-refractivity contribution in [3.05, 3.63) is 70.7 Å². The zero-order chi connectivity index (χ0) is 25.1. The summed E-state index contributed by atoms with van der Waals surface area (Å²) in [6.45, 7) is 3.85. The van der Waals surface area contributed by atoms with Crippen LogP contribution in [0, 0.1) is 25.2 Å². The van der Waals surface area contributed by atoms with E-state index in [0.29, 0.717) is 28.9 Å². The fourth-order valence-corrected chi connectivity index (χ4v) is 3.42. The van der Waals surface area contributed by atoms with Crippen molar-refractivity contribution in [1.82, 2.24) is 20.2 Å². The highest BCUT2D eigenvalue weighted by Gasteiger charge is 2.25. The molecular weight excluding hydrogens is 442 g/mol. The predicted octanol–water partition coefficient (Wildman–Crippen LogP) is 3.00. The van der Waals surface area contributed by atoms with Gasteiger partial charge >= 0.3 is 0 Å². The highest BCUT2D eigenvalue weighted by atomic mass is 16.2. The van der Waals surface area contributed by atoms with E-state index in [-0.39, 0.29) is 23.3 Å². The summed E-state index contributed by atoms with van der Waals surface area (Å²) >= 11 is 0. The third-order valence-electron chi connectivity index (χ3n) is 6.01. The van der Waals surface area contributed by atoms with Crippen LogP contribution in [0.25, 0.3) is 5.69 Å². The maximum atomic E-state index is 12.1. The minimum absolute atomic E-state index is 0.0146. The van der Waals surface area contributed by atoms with Gasteiger partial charge in [-0.15, -0.1) is 0 Å². The molecule has 3 aromatic rings. The van der Waals surface area contributed by atoms with Crippen molar-refractivity contribution in [2.75, 3.05) is 11.5 Å². The van der Waals surface area contributed by atoms with Crippen LogP contribution < -0.4 is 22.1 Å². The number of nitrogens with zero attached hydrogens (tertiary/aromatic N) is 3. The Morgan fingerprint density at radius 2 is 1.49 bits per heavy atom. The second-order valence-electron chi connectivity index (χ2n) is 9.03. The molecule has 0 bridgehead atoms. The van der Waals surface area contributed by atoms with E-state index >= 15 is 0 Å². The highest BCUT2D eigenvalue weighted by Crippen LogP contribution is 2.23. The topological polar surface area (TPSA) is 152 Å². The Kier molecular flexibility index (Phi) is 6.73. The molecule has 9 nitrogen and oxygen atoms in total.